The first-order valence-corrected chi connectivity index (χ1v) is 6.12. The van der Waals surface area contributed by atoms with Gasteiger partial charge in [-0.15, -0.1) is 0 Å². The third-order valence-electron chi connectivity index (χ3n) is 3.48. The van der Waals surface area contributed by atoms with E-state index in [0.29, 0.717) is 24.4 Å². The summed E-state index contributed by atoms with van der Waals surface area (Å²) in [5.41, 5.74) is 1.46. The van der Waals surface area contributed by atoms with Crippen molar-refractivity contribution in [3.63, 3.8) is 0 Å². The van der Waals surface area contributed by atoms with Gasteiger partial charge in [0.1, 0.15) is 0 Å². The van der Waals surface area contributed by atoms with Crippen molar-refractivity contribution in [3.05, 3.63) is 23.4 Å². The molecule has 1 aromatic rings. The minimum Gasteiger partial charge on any atom is -0.481 e. The van der Waals surface area contributed by atoms with Crippen molar-refractivity contribution in [2.75, 3.05) is 5.32 Å². The van der Waals surface area contributed by atoms with Gasteiger partial charge < -0.3 is 9.63 Å². The Morgan fingerprint density at radius 3 is 2.47 bits per heavy atom. The highest BCUT2D eigenvalue weighted by atomic mass is 16.5. The number of carbonyl (C=O) groups is 2. The molecule has 102 valence electrons. The van der Waals surface area contributed by atoms with Crippen molar-refractivity contribution < 1.29 is 19.2 Å². The molecule has 0 aliphatic heterocycles. The van der Waals surface area contributed by atoms with Gasteiger partial charge in [0, 0.05) is 5.56 Å². The first-order valence-electron chi connectivity index (χ1n) is 6.12. The fraction of sp³-hybridized carbons (Fsp3) is 0.462. The Morgan fingerprint density at radius 2 is 1.95 bits per heavy atom. The molecule has 2 unspecified atom stereocenters. The molecule has 0 saturated carbocycles. The van der Waals surface area contributed by atoms with Gasteiger partial charge in [0.05, 0.1) is 17.5 Å². The van der Waals surface area contributed by atoms with Gasteiger partial charge in [-0.3, -0.25) is 14.9 Å². The number of nitrogens with one attached hydrogen (secondary N) is 1. The molecule has 0 bridgehead atoms. The zero-order chi connectivity index (χ0) is 14.0. The van der Waals surface area contributed by atoms with Crippen LogP contribution in [-0.4, -0.2) is 22.1 Å². The van der Waals surface area contributed by atoms with E-state index in [4.69, 9.17) is 9.63 Å². The third-order valence-corrected chi connectivity index (χ3v) is 3.48. The van der Waals surface area contributed by atoms with E-state index in [-0.39, 0.29) is 5.91 Å². The number of aliphatic carboxylic acids is 1. The van der Waals surface area contributed by atoms with Crippen LogP contribution in [0, 0.1) is 25.7 Å². The minimum absolute atomic E-state index is 0.293. The lowest BCUT2D eigenvalue weighted by Gasteiger charge is -2.23. The molecule has 6 heteroatoms. The quantitative estimate of drug-likeness (QED) is 0.813. The largest absolute Gasteiger partial charge is 0.481 e. The average Bonchev–Trinajstić information content (AvgIpc) is 2.70. The van der Waals surface area contributed by atoms with E-state index in [1.807, 2.05) is 6.08 Å². The van der Waals surface area contributed by atoms with Crippen LogP contribution in [0.5, 0.6) is 0 Å². The van der Waals surface area contributed by atoms with Gasteiger partial charge in [-0.25, -0.2) is 0 Å². The maximum Gasteiger partial charge on any atom is 0.307 e. The molecule has 1 amide bonds. The molecule has 1 aromatic heterocycles. The second-order valence-electron chi connectivity index (χ2n) is 4.71. The first-order chi connectivity index (χ1) is 9.00. The maximum absolute atomic E-state index is 12.1. The second-order valence-corrected chi connectivity index (χ2v) is 4.71. The Bertz CT molecular complexity index is 533. The minimum atomic E-state index is -0.949. The number of rotatable bonds is 3. The smallest absolute Gasteiger partial charge is 0.307 e. The summed E-state index contributed by atoms with van der Waals surface area (Å²) >= 11 is 0. The topological polar surface area (TPSA) is 92.4 Å². The highest BCUT2D eigenvalue weighted by molar-refractivity contribution is 5.94. The van der Waals surface area contributed by atoms with Crippen LogP contribution < -0.4 is 5.32 Å². The summed E-state index contributed by atoms with van der Waals surface area (Å²) in [4.78, 5) is 23.3. The van der Waals surface area contributed by atoms with Crippen molar-refractivity contribution in [3.8, 4) is 0 Å². The average molecular weight is 264 g/mol. The van der Waals surface area contributed by atoms with Gasteiger partial charge >= 0.3 is 5.97 Å². The van der Waals surface area contributed by atoms with Crippen molar-refractivity contribution in [2.45, 2.75) is 26.7 Å². The number of amides is 1. The monoisotopic (exact) mass is 264 g/mol. The Morgan fingerprint density at radius 1 is 1.32 bits per heavy atom. The van der Waals surface area contributed by atoms with E-state index < -0.39 is 17.8 Å². The van der Waals surface area contributed by atoms with E-state index in [1.54, 1.807) is 19.9 Å². The standard InChI is InChI=1S/C13H16N2O4/c1-7-8(2)15-19-12(7)14-11(16)9-5-3-4-6-10(9)13(17)18/h3-4,9-10H,5-6H2,1-2H3,(H,14,16)(H,17,18). The van der Waals surface area contributed by atoms with Gasteiger partial charge in [0.15, 0.2) is 0 Å². The molecule has 1 aliphatic carbocycles. The Kier molecular flexibility index (Phi) is 3.69. The summed E-state index contributed by atoms with van der Waals surface area (Å²) in [6.45, 7) is 3.56. The molecule has 6 nitrogen and oxygen atoms in total. The molecule has 2 rings (SSSR count). The highest BCUT2D eigenvalue weighted by Gasteiger charge is 2.34. The van der Waals surface area contributed by atoms with E-state index in [1.165, 1.54) is 0 Å². The zero-order valence-electron chi connectivity index (χ0n) is 10.8. The highest BCUT2D eigenvalue weighted by Crippen LogP contribution is 2.28. The van der Waals surface area contributed by atoms with Gasteiger partial charge in [0.2, 0.25) is 11.8 Å². The van der Waals surface area contributed by atoms with Crippen LogP contribution in [0.25, 0.3) is 0 Å². The fourth-order valence-electron chi connectivity index (χ4n) is 2.11. The van der Waals surface area contributed by atoms with E-state index in [9.17, 15) is 9.59 Å². The first kappa shape index (κ1) is 13.3. The molecule has 2 N–H and O–H groups in total. The van der Waals surface area contributed by atoms with E-state index in [0.717, 1.165) is 5.56 Å². The van der Waals surface area contributed by atoms with Crippen LogP contribution in [0.15, 0.2) is 16.7 Å². The molecule has 1 heterocycles. The predicted octanol–water partition coefficient (Wildman–Crippen LogP) is 1.90. The normalized spacial score (nSPS) is 22.2. The van der Waals surface area contributed by atoms with Crippen LogP contribution >= 0.6 is 0 Å². The summed E-state index contributed by atoms with van der Waals surface area (Å²) in [5, 5.41) is 15.5. The molecule has 1 aliphatic rings. The van der Waals surface area contributed by atoms with Crippen molar-refractivity contribution in [1.82, 2.24) is 5.16 Å². The van der Waals surface area contributed by atoms with Crippen LogP contribution in [0.2, 0.25) is 0 Å². The molecule has 0 radical (unpaired) electrons. The molecule has 0 aromatic carbocycles. The number of aromatic nitrogens is 1. The number of carboxylic acid groups (broad SMARTS) is 1. The molecule has 0 spiro atoms. The number of allylic oxidation sites excluding steroid dienone is 2. The lowest BCUT2D eigenvalue weighted by Crippen LogP contribution is -2.34. The van der Waals surface area contributed by atoms with Crippen LogP contribution in [0.4, 0.5) is 5.88 Å². The van der Waals surface area contributed by atoms with E-state index >= 15 is 0 Å². The predicted molar refractivity (Wildman–Crippen MR) is 67.6 cm³/mol. The fourth-order valence-corrected chi connectivity index (χ4v) is 2.11. The lowest BCUT2D eigenvalue weighted by molar-refractivity contribution is -0.146. The van der Waals surface area contributed by atoms with Crippen LogP contribution in [0.1, 0.15) is 24.1 Å². The molecule has 19 heavy (non-hydrogen) atoms. The SMILES string of the molecule is Cc1noc(NC(=O)C2CC=CCC2C(=O)O)c1C. The number of hydrogen-bond acceptors (Lipinski definition) is 4. The van der Waals surface area contributed by atoms with Crippen LogP contribution in [0.3, 0.4) is 0 Å². The van der Waals surface area contributed by atoms with Gasteiger partial charge in [-0.1, -0.05) is 17.3 Å². The maximum atomic E-state index is 12.1. The molecular weight excluding hydrogens is 248 g/mol. The van der Waals surface area contributed by atoms with Crippen molar-refractivity contribution in [2.24, 2.45) is 11.8 Å². The summed E-state index contributed by atoms with van der Waals surface area (Å²) in [5.74, 6) is -2.26. The Labute approximate surface area is 110 Å². The summed E-state index contributed by atoms with van der Waals surface area (Å²) in [6, 6.07) is 0. The Balaban J connectivity index is 2.12. The zero-order valence-corrected chi connectivity index (χ0v) is 10.8. The van der Waals surface area contributed by atoms with Gasteiger partial charge in [-0.2, -0.15) is 0 Å². The Hall–Kier alpha value is -2.11. The van der Waals surface area contributed by atoms with E-state index in [2.05, 4.69) is 10.5 Å². The molecule has 0 saturated heterocycles. The van der Waals surface area contributed by atoms with Gasteiger partial charge in [-0.05, 0) is 26.7 Å². The van der Waals surface area contributed by atoms with Crippen LogP contribution in [-0.2, 0) is 9.59 Å². The van der Waals surface area contributed by atoms with Crippen molar-refractivity contribution >= 4 is 17.8 Å². The molecular formula is C13H16N2O4. The van der Waals surface area contributed by atoms with Gasteiger partial charge in [0.25, 0.3) is 0 Å². The number of carboxylic acids is 1. The third kappa shape index (κ3) is 2.67. The molecule has 0 fully saturated rings. The molecule has 2 atom stereocenters. The number of carbonyl (C=O) groups excluding carboxylic acids is 1. The summed E-state index contributed by atoms with van der Waals surface area (Å²) in [6.07, 6.45) is 4.44. The number of hydrogen-bond donors (Lipinski definition) is 2. The second kappa shape index (κ2) is 5.26. The number of anilines is 1. The van der Waals surface area contributed by atoms with Crippen molar-refractivity contribution in [1.29, 1.82) is 0 Å². The summed E-state index contributed by atoms with van der Waals surface area (Å²) < 4.78 is 5.00. The number of aryl methyl sites for hydroxylation is 1. The lowest BCUT2D eigenvalue weighted by atomic mass is 9.82. The summed E-state index contributed by atoms with van der Waals surface area (Å²) in [7, 11) is 0. The number of nitrogens with zero attached hydrogens (tertiary/aromatic N) is 1.